The van der Waals surface area contributed by atoms with Crippen molar-refractivity contribution in [3.63, 3.8) is 0 Å². The van der Waals surface area contributed by atoms with E-state index < -0.39 is 0 Å². The van der Waals surface area contributed by atoms with E-state index in [4.69, 9.17) is 0 Å². The van der Waals surface area contributed by atoms with Gasteiger partial charge in [-0.1, -0.05) is 60.7 Å². The third-order valence-electron chi connectivity index (χ3n) is 5.04. The van der Waals surface area contributed by atoms with Crippen LogP contribution in [0.25, 0.3) is 6.08 Å². The van der Waals surface area contributed by atoms with Crippen LogP contribution in [0.5, 0.6) is 0 Å². The minimum Gasteiger partial charge on any atom is -0.392 e. The second-order valence-electron chi connectivity index (χ2n) is 6.25. The zero-order valence-corrected chi connectivity index (χ0v) is 12.1. The van der Waals surface area contributed by atoms with Crippen LogP contribution in [0, 0.1) is 0 Å². The Morgan fingerprint density at radius 3 is 2.57 bits per heavy atom. The zero-order chi connectivity index (χ0) is 14.2. The molecule has 2 aliphatic carbocycles. The largest absolute Gasteiger partial charge is 0.392 e. The number of allylic oxidation sites excluding steroid dienone is 1. The van der Waals surface area contributed by atoms with Gasteiger partial charge in [0, 0.05) is 11.8 Å². The van der Waals surface area contributed by atoms with Gasteiger partial charge >= 0.3 is 0 Å². The van der Waals surface area contributed by atoms with Gasteiger partial charge in [0.1, 0.15) is 0 Å². The number of aliphatic hydroxyl groups excluding tert-OH is 1. The lowest BCUT2D eigenvalue weighted by molar-refractivity contribution is 0.151. The minimum absolute atomic E-state index is 0.206. The van der Waals surface area contributed by atoms with Crippen molar-refractivity contribution < 1.29 is 5.11 Å². The normalized spacial score (nSPS) is 25.9. The van der Waals surface area contributed by atoms with Crippen LogP contribution in [0.1, 0.15) is 46.9 Å². The van der Waals surface area contributed by atoms with Crippen LogP contribution in [0.4, 0.5) is 0 Å². The maximum atomic E-state index is 10.4. The van der Waals surface area contributed by atoms with Crippen LogP contribution in [0.15, 0.2) is 54.6 Å². The third kappa shape index (κ3) is 2.22. The van der Waals surface area contributed by atoms with Crippen molar-refractivity contribution in [2.75, 3.05) is 0 Å². The maximum absolute atomic E-state index is 10.4. The van der Waals surface area contributed by atoms with Gasteiger partial charge in [0.05, 0.1) is 6.10 Å². The van der Waals surface area contributed by atoms with Crippen molar-refractivity contribution in [3.8, 4) is 0 Å². The predicted molar refractivity (Wildman–Crippen MR) is 86.3 cm³/mol. The Morgan fingerprint density at radius 1 is 0.905 bits per heavy atom. The lowest BCUT2D eigenvalue weighted by Crippen LogP contribution is -2.14. The summed E-state index contributed by atoms with van der Waals surface area (Å²) < 4.78 is 0. The number of hydrogen-bond donors (Lipinski definition) is 1. The monoisotopic (exact) mass is 276 g/mol. The molecule has 2 aromatic rings. The first-order valence-corrected chi connectivity index (χ1v) is 7.86. The summed E-state index contributed by atoms with van der Waals surface area (Å²) >= 11 is 0. The summed E-state index contributed by atoms with van der Waals surface area (Å²) in [5, 5.41) is 10.4. The van der Waals surface area contributed by atoms with Gasteiger partial charge in [0.15, 0.2) is 0 Å². The molecule has 0 spiro atoms. The Bertz CT molecular complexity index is 686. The average Bonchev–Trinajstić information content (AvgIpc) is 3.06. The van der Waals surface area contributed by atoms with Gasteiger partial charge < -0.3 is 5.11 Å². The smallest absolute Gasteiger partial charge is 0.0649 e. The molecular formula is C20H20O. The summed E-state index contributed by atoms with van der Waals surface area (Å²) in [5.74, 6) is 0.823. The number of rotatable bonds is 3. The van der Waals surface area contributed by atoms with E-state index in [-0.39, 0.29) is 6.10 Å². The molecule has 106 valence electrons. The van der Waals surface area contributed by atoms with Gasteiger partial charge in [-0.2, -0.15) is 0 Å². The van der Waals surface area contributed by atoms with E-state index in [1.807, 2.05) is 0 Å². The summed E-state index contributed by atoms with van der Waals surface area (Å²) in [4.78, 5) is 0. The Kier molecular flexibility index (Phi) is 3.16. The van der Waals surface area contributed by atoms with Gasteiger partial charge in [-0.05, 0) is 41.5 Å². The molecule has 0 saturated heterocycles. The van der Waals surface area contributed by atoms with Crippen molar-refractivity contribution in [2.45, 2.75) is 37.2 Å². The predicted octanol–water partition coefficient (Wildman–Crippen LogP) is 4.28. The SMILES string of the molecule is OC1Cc2ccccc2C1CCC1C=Cc2ccccc21. The standard InChI is InChI=1S/C20H20O/c21-20-13-16-6-2-4-8-18(16)19(20)12-11-15-10-9-14-5-1-3-7-17(14)15/h1-10,15,19-21H,11-13H2. The molecule has 1 N–H and O–H groups in total. The summed E-state index contributed by atoms with van der Waals surface area (Å²) in [6.07, 6.45) is 7.34. The third-order valence-corrected chi connectivity index (χ3v) is 5.04. The van der Waals surface area contributed by atoms with Gasteiger partial charge in [0.2, 0.25) is 0 Å². The first-order chi connectivity index (χ1) is 10.3. The van der Waals surface area contributed by atoms with Crippen LogP contribution < -0.4 is 0 Å². The number of benzene rings is 2. The van der Waals surface area contributed by atoms with E-state index in [9.17, 15) is 5.11 Å². The molecule has 3 atom stereocenters. The van der Waals surface area contributed by atoms with Crippen molar-refractivity contribution >= 4 is 6.08 Å². The van der Waals surface area contributed by atoms with Crippen molar-refractivity contribution in [1.82, 2.24) is 0 Å². The maximum Gasteiger partial charge on any atom is 0.0649 e. The van der Waals surface area contributed by atoms with E-state index in [0.29, 0.717) is 11.8 Å². The lowest BCUT2D eigenvalue weighted by atomic mass is 9.88. The van der Waals surface area contributed by atoms with Gasteiger partial charge in [-0.25, -0.2) is 0 Å². The summed E-state index contributed by atoms with van der Waals surface area (Å²) in [6.45, 7) is 0. The van der Waals surface area contributed by atoms with Crippen LogP contribution >= 0.6 is 0 Å². The molecule has 0 amide bonds. The highest BCUT2D eigenvalue weighted by atomic mass is 16.3. The molecule has 0 saturated carbocycles. The topological polar surface area (TPSA) is 20.2 Å². The summed E-state index contributed by atoms with van der Waals surface area (Å²) in [5.41, 5.74) is 5.49. The van der Waals surface area contributed by atoms with Crippen molar-refractivity contribution in [2.24, 2.45) is 0 Å². The Balaban J connectivity index is 1.50. The molecule has 0 radical (unpaired) electrons. The van der Waals surface area contributed by atoms with Crippen LogP contribution in [-0.4, -0.2) is 11.2 Å². The number of hydrogen-bond acceptors (Lipinski definition) is 1. The van der Waals surface area contributed by atoms with E-state index in [0.717, 1.165) is 19.3 Å². The van der Waals surface area contributed by atoms with E-state index in [1.54, 1.807) is 0 Å². The first kappa shape index (κ1) is 12.8. The van der Waals surface area contributed by atoms with Gasteiger partial charge in [0.25, 0.3) is 0 Å². The zero-order valence-electron chi connectivity index (χ0n) is 12.1. The molecule has 21 heavy (non-hydrogen) atoms. The molecule has 3 unspecified atom stereocenters. The molecule has 0 heterocycles. The molecule has 0 fully saturated rings. The number of aliphatic hydroxyl groups is 1. The molecule has 0 aromatic heterocycles. The highest BCUT2D eigenvalue weighted by Gasteiger charge is 2.31. The lowest BCUT2D eigenvalue weighted by Gasteiger charge is -2.18. The van der Waals surface area contributed by atoms with E-state index in [2.05, 4.69) is 60.7 Å². The summed E-state index contributed by atoms with van der Waals surface area (Å²) in [6, 6.07) is 17.2. The van der Waals surface area contributed by atoms with Crippen LogP contribution in [0.2, 0.25) is 0 Å². The second kappa shape index (κ2) is 5.16. The van der Waals surface area contributed by atoms with E-state index >= 15 is 0 Å². The fraction of sp³-hybridized carbons (Fsp3) is 0.300. The van der Waals surface area contributed by atoms with Crippen molar-refractivity contribution in [3.05, 3.63) is 76.9 Å². The molecule has 2 aliphatic rings. The fourth-order valence-electron chi connectivity index (χ4n) is 3.94. The van der Waals surface area contributed by atoms with Gasteiger partial charge in [-0.15, -0.1) is 0 Å². The summed E-state index contributed by atoms with van der Waals surface area (Å²) in [7, 11) is 0. The molecule has 2 aromatic carbocycles. The molecule has 4 rings (SSSR count). The molecule has 0 bridgehead atoms. The Hall–Kier alpha value is -1.86. The average molecular weight is 276 g/mol. The molecule has 1 heteroatoms. The van der Waals surface area contributed by atoms with Crippen LogP contribution in [-0.2, 0) is 6.42 Å². The highest BCUT2D eigenvalue weighted by Crippen LogP contribution is 2.40. The fourth-order valence-corrected chi connectivity index (χ4v) is 3.94. The second-order valence-corrected chi connectivity index (χ2v) is 6.25. The Labute approximate surface area is 126 Å². The van der Waals surface area contributed by atoms with Crippen LogP contribution in [0.3, 0.4) is 0 Å². The highest BCUT2D eigenvalue weighted by molar-refractivity contribution is 5.62. The molecule has 0 aliphatic heterocycles. The number of fused-ring (bicyclic) bond motifs is 2. The minimum atomic E-state index is -0.206. The Morgan fingerprint density at radius 2 is 1.67 bits per heavy atom. The van der Waals surface area contributed by atoms with Crippen molar-refractivity contribution in [1.29, 1.82) is 0 Å². The molecule has 1 nitrogen and oxygen atoms in total. The molecular weight excluding hydrogens is 256 g/mol. The van der Waals surface area contributed by atoms with Gasteiger partial charge in [-0.3, -0.25) is 0 Å². The van der Waals surface area contributed by atoms with E-state index in [1.165, 1.54) is 22.3 Å². The quantitative estimate of drug-likeness (QED) is 0.887. The first-order valence-electron chi connectivity index (χ1n) is 7.86.